The lowest BCUT2D eigenvalue weighted by molar-refractivity contribution is -0.135. The van der Waals surface area contributed by atoms with Gasteiger partial charge in [0.25, 0.3) is 11.7 Å². The lowest BCUT2D eigenvalue weighted by atomic mass is 10.2. The summed E-state index contributed by atoms with van der Waals surface area (Å²) in [6.45, 7) is 1.60. The second-order valence-corrected chi connectivity index (χ2v) is 3.10. The van der Waals surface area contributed by atoms with Gasteiger partial charge < -0.3 is 9.94 Å². The first-order chi connectivity index (χ1) is 8.60. The number of oxime groups is 1. The standard InChI is InChI=1S/C11H11FN2O4/c1-2-18-11(16)9(14-17)13-10(15)7-5-3-4-6-8(7)12/h3-6,17H,2H2,1H3,(H,13,14,15). The summed E-state index contributed by atoms with van der Waals surface area (Å²) in [7, 11) is 0. The highest BCUT2D eigenvalue weighted by molar-refractivity contribution is 6.38. The van der Waals surface area contributed by atoms with Crippen LogP contribution in [0.3, 0.4) is 0 Å². The molecule has 0 aliphatic heterocycles. The molecule has 1 amide bonds. The van der Waals surface area contributed by atoms with Crippen molar-refractivity contribution in [3.05, 3.63) is 35.6 Å². The summed E-state index contributed by atoms with van der Waals surface area (Å²) >= 11 is 0. The molecule has 0 saturated heterocycles. The normalized spacial score (nSPS) is 10.9. The van der Waals surface area contributed by atoms with Crippen molar-refractivity contribution in [1.82, 2.24) is 5.32 Å². The number of carbonyl (C=O) groups is 2. The van der Waals surface area contributed by atoms with E-state index in [1.807, 2.05) is 5.32 Å². The largest absolute Gasteiger partial charge is 0.460 e. The molecule has 0 aliphatic rings. The smallest absolute Gasteiger partial charge is 0.377 e. The van der Waals surface area contributed by atoms with Crippen LogP contribution in [-0.2, 0) is 9.53 Å². The van der Waals surface area contributed by atoms with Crippen molar-refractivity contribution in [3.8, 4) is 0 Å². The van der Waals surface area contributed by atoms with E-state index >= 15 is 0 Å². The SMILES string of the molecule is CCOC(=O)/C(=N\O)NC(=O)c1ccccc1F. The molecule has 0 radical (unpaired) electrons. The molecule has 18 heavy (non-hydrogen) atoms. The average molecular weight is 254 g/mol. The van der Waals surface area contributed by atoms with Gasteiger partial charge in [-0.15, -0.1) is 0 Å². The Kier molecular flexibility index (Phi) is 4.79. The van der Waals surface area contributed by atoms with Crippen LogP contribution in [0.15, 0.2) is 29.4 Å². The van der Waals surface area contributed by atoms with Crippen LogP contribution >= 0.6 is 0 Å². The molecule has 0 heterocycles. The van der Waals surface area contributed by atoms with Gasteiger partial charge >= 0.3 is 5.97 Å². The van der Waals surface area contributed by atoms with E-state index in [1.54, 1.807) is 6.92 Å². The predicted octanol–water partition coefficient (Wildman–Crippen LogP) is 0.906. The molecule has 1 aromatic carbocycles. The van der Waals surface area contributed by atoms with Crippen molar-refractivity contribution in [2.45, 2.75) is 6.92 Å². The van der Waals surface area contributed by atoms with E-state index in [0.717, 1.165) is 6.07 Å². The van der Waals surface area contributed by atoms with E-state index in [9.17, 15) is 14.0 Å². The highest BCUT2D eigenvalue weighted by Crippen LogP contribution is 2.05. The van der Waals surface area contributed by atoms with E-state index in [2.05, 4.69) is 9.89 Å². The molecule has 0 saturated carbocycles. The number of rotatable bonds is 2. The minimum atomic E-state index is -1.01. The summed E-state index contributed by atoms with van der Waals surface area (Å²) < 4.78 is 17.8. The first kappa shape index (κ1) is 13.6. The van der Waals surface area contributed by atoms with E-state index < -0.39 is 23.5 Å². The summed E-state index contributed by atoms with van der Waals surface area (Å²) in [6.07, 6.45) is 0. The molecule has 0 bridgehead atoms. The number of carbonyl (C=O) groups excluding carboxylic acids is 2. The number of nitrogens with one attached hydrogen (secondary N) is 1. The monoisotopic (exact) mass is 254 g/mol. The van der Waals surface area contributed by atoms with Crippen LogP contribution in [-0.4, -0.2) is 29.5 Å². The Morgan fingerprint density at radius 2 is 2.11 bits per heavy atom. The Balaban J connectivity index is 2.81. The molecule has 0 fully saturated rings. The molecule has 1 rings (SSSR count). The van der Waals surface area contributed by atoms with Gasteiger partial charge in [-0.1, -0.05) is 17.3 Å². The molecule has 6 nitrogen and oxygen atoms in total. The molecule has 96 valence electrons. The molecule has 7 heteroatoms. The van der Waals surface area contributed by atoms with Crippen molar-refractivity contribution >= 4 is 17.7 Å². The molecule has 0 atom stereocenters. The summed E-state index contributed by atoms with van der Waals surface area (Å²) in [4.78, 5) is 22.8. The number of benzene rings is 1. The van der Waals surface area contributed by atoms with Gasteiger partial charge in [0.2, 0.25) is 0 Å². The van der Waals surface area contributed by atoms with Gasteiger partial charge in [-0.3, -0.25) is 10.1 Å². The van der Waals surface area contributed by atoms with E-state index in [0.29, 0.717) is 0 Å². The van der Waals surface area contributed by atoms with Gasteiger partial charge in [0.1, 0.15) is 5.82 Å². The molecule has 2 N–H and O–H groups in total. The van der Waals surface area contributed by atoms with Crippen molar-refractivity contribution in [3.63, 3.8) is 0 Å². The number of nitrogens with zero attached hydrogens (tertiary/aromatic N) is 1. The minimum absolute atomic E-state index is 0.0490. The number of esters is 1. The highest BCUT2D eigenvalue weighted by Gasteiger charge is 2.19. The van der Waals surface area contributed by atoms with E-state index in [4.69, 9.17) is 5.21 Å². The molecule has 0 unspecified atom stereocenters. The van der Waals surface area contributed by atoms with Gasteiger partial charge in [0, 0.05) is 0 Å². The Hall–Kier alpha value is -2.44. The number of hydrogen-bond acceptors (Lipinski definition) is 5. The fraction of sp³-hybridized carbons (Fsp3) is 0.182. The third-order valence-corrected chi connectivity index (χ3v) is 1.92. The van der Waals surface area contributed by atoms with Gasteiger partial charge in [-0.05, 0) is 19.1 Å². The average Bonchev–Trinajstić information content (AvgIpc) is 2.36. The van der Waals surface area contributed by atoms with Crippen LogP contribution in [0.4, 0.5) is 4.39 Å². The Bertz CT molecular complexity index is 488. The molecule has 0 aromatic heterocycles. The molecule has 0 spiro atoms. The Morgan fingerprint density at radius 1 is 1.44 bits per heavy atom. The number of hydrogen-bond donors (Lipinski definition) is 2. The van der Waals surface area contributed by atoms with Gasteiger partial charge in [0.15, 0.2) is 0 Å². The van der Waals surface area contributed by atoms with Crippen LogP contribution < -0.4 is 5.32 Å². The fourth-order valence-electron chi connectivity index (χ4n) is 1.14. The maximum atomic E-state index is 13.3. The van der Waals surface area contributed by atoms with Crippen molar-refractivity contribution in [2.75, 3.05) is 6.61 Å². The van der Waals surface area contributed by atoms with Crippen molar-refractivity contribution < 1.29 is 23.9 Å². The first-order valence-corrected chi connectivity index (χ1v) is 5.05. The van der Waals surface area contributed by atoms with Gasteiger partial charge in [0.05, 0.1) is 12.2 Å². The predicted molar refractivity (Wildman–Crippen MR) is 59.7 cm³/mol. The minimum Gasteiger partial charge on any atom is -0.460 e. The molecule has 1 aromatic rings. The highest BCUT2D eigenvalue weighted by atomic mass is 19.1. The molecular weight excluding hydrogens is 243 g/mol. The maximum absolute atomic E-state index is 13.3. The van der Waals surface area contributed by atoms with Crippen LogP contribution in [0.25, 0.3) is 0 Å². The van der Waals surface area contributed by atoms with Crippen molar-refractivity contribution in [2.24, 2.45) is 5.16 Å². The number of amidine groups is 1. The zero-order valence-electron chi connectivity index (χ0n) is 9.51. The van der Waals surface area contributed by atoms with Crippen LogP contribution in [0, 0.1) is 5.82 Å². The zero-order valence-corrected chi connectivity index (χ0v) is 9.51. The summed E-state index contributed by atoms with van der Waals surface area (Å²) in [5.74, 6) is -3.38. The number of halogens is 1. The second-order valence-electron chi connectivity index (χ2n) is 3.10. The topological polar surface area (TPSA) is 88.0 Å². The maximum Gasteiger partial charge on any atom is 0.377 e. The third-order valence-electron chi connectivity index (χ3n) is 1.92. The van der Waals surface area contributed by atoms with E-state index in [-0.39, 0.29) is 12.2 Å². The molecule has 0 aliphatic carbocycles. The van der Waals surface area contributed by atoms with Crippen molar-refractivity contribution in [1.29, 1.82) is 0 Å². The zero-order chi connectivity index (χ0) is 13.5. The first-order valence-electron chi connectivity index (χ1n) is 5.05. The Labute approximate surface area is 102 Å². The molecular formula is C11H11FN2O4. The van der Waals surface area contributed by atoms with Gasteiger partial charge in [-0.2, -0.15) is 0 Å². The lowest BCUT2D eigenvalue weighted by Gasteiger charge is -2.06. The Morgan fingerprint density at radius 3 is 2.67 bits per heavy atom. The summed E-state index contributed by atoms with van der Waals surface area (Å²) in [5, 5.41) is 13.1. The number of ether oxygens (including phenoxy) is 1. The van der Waals surface area contributed by atoms with Crippen LogP contribution in [0.5, 0.6) is 0 Å². The lowest BCUT2D eigenvalue weighted by Crippen LogP contribution is -2.37. The van der Waals surface area contributed by atoms with E-state index in [1.165, 1.54) is 18.2 Å². The fourth-order valence-corrected chi connectivity index (χ4v) is 1.14. The quantitative estimate of drug-likeness (QED) is 0.270. The summed E-state index contributed by atoms with van der Waals surface area (Å²) in [6, 6.07) is 5.19. The van der Waals surface area contributed by atoms with Crippen LogP contribution in [0.2, 0.25) is 0 Å². The van der Waals surface area contributed by atoms with Gasteiger partial charge in [-0.25, -0.2) is 9.18 Å². The summed E-state index contributed by atoms with van der Waals surface area (Å²) in [5.41, 5.74) is -0.275. The van der Waals surface area contributed by atoms with Crippen LogP contribution in [0.1, 0.15) is 17.3 Å². The second kappa shape index (κ2) is 6.33. The third kappa shape index (κ3) is 3.27. The number of amides is 1.